The van der Waals surface area contributed by atoms with Crippen molar-refractivity contribution in [1.29, 1.82) is 0 Å². The summed E-state index contributed by atoms with van der Waals surface area (Å²) in [6, 6.07) is 23.5. The number of aromatic amines is 1. The summed E-state index contributed by atoms with van der Waals surface area (Å²) in [5.74, 6) is 0.388. The van der Waals surface area contributed by atoms with Crippen LogP contribution in [0.25, 0.3) is 11.0 Å². The highest BCUT2D eigenvalue weighted by molar-refractivity contribution is 5.99. The summed E-state index contributed by atoms with van der Waals surface area (Å²) in [5, 5.41) is 0. The molecule has 1 aromatic heterocycles. The number of benzene rings is 3. The molecule has 6 heteroatoms. The Hall–Kier alpha value is -3.67. The topological polar surface area (TPSA) is 52.2 Å². The van der Waals surface area contributed by atoms with Crippen LogP contribution in [-0.4, -0.2) is 27.4 Å². The van der Waals surface area contributed by atoms with Crippen molar-refractivity contribution in [2.75, 3.05) is 11.4 Å². The number of carbonyl (C=O) groups is 1. The van der Waals surface area contributed by atoms with E-state index in [1.807, 2.05) is 65.6 Å². The summed E-state index contributed by atoms with van der Waals surface area (Å²) in [7, 11) is 0. The number of rotatable bonds is 3. The third-order valence-corrected chi connectivity index (χ3v) is 5.50. The van der Waals surface area contributed by atoms with Gasteiger partial charge in [0.15, 0.2) is 0 Å². The zero-order valence-electron chi connectivity index (χ0n) is 16.3. The first-order valence-corrected chi connectivity index (χ1v) is 10.1. The predicted molar refractivity (Wildman–Crippen MR) is 115 cm³/mol. The smallest absolute Gasteiger partial charge is 0.329 e. The lowest BCUT2D eigenvalue weighted by Gasteiger charge is -2.31. The van der Waals surface area contributed by atoms with Gasteiger partial charge in [-0.15, -0.1) is 0 Å². The van der Waals surface area contributed by atoms with Crippen LogP contribution in [0.5, 0.6) is 0 Å². The van der Waals surface area contributed by atoms with Gasteiger partial charge in [-0.2, -0.15) is 0 Å². The Balaban J connectivity index is 1.52. The molecule has 0 bridgehead atoms. The zero-order chi connectivity index (χ0) is 20.5. The van der Waals surface area contributed by atoms with Gasteiger partial charge in [0, 0.05) is 6.54 Å². The molecule has 5 rings (SSSR count). The van der Waals surface area contributed by atoms with Crippen LogP contribution in [0.2, 0.25) is 0 Å². The SMILES string of the molecule is O=C(N(c1ccccc1)c1ccccc1)N1CCCC1c1nc2ccc(F)cc2[nH]1. The van der Waals surface area contributed by atoms with Gasteiger partial charge in [-0.05, 0) is 55.3 Å². The lowest BCUT2D eigenvalue weighted by Crippen LogP contribution is -2.40. The van der Waals surface area contributed by atoms with Crippen molar-refractivity contribution in [2.24, 2.45) is 0 Å². The predicted octanol–water partition coefficient (Wildman–Crippen LogP) is 5.80. The molecule has 1 aliphatic heterocycles. The van der Waals surface area contributed by atoms with E-state index in [0.717, 1.165) is 24.2 Å². The number of aromatic nitrogens is 2. The van der Waals surface area contributed by atoms with E-state index >= 15 is 0 Å². The first-order chi connectivity index (χ1) is 14.7. The van der Waals surface area contributed by atoms with Gasteiger partial charge in [-0.3, -0.25) is 4.90 Å². The lowest BCUT2D eigenvalue weighted by atomic mass is 10.2. The second-order valence-corrected chi connectivity index (χ2v) is 7.42. The quantitative estimate of drug-likeness (QED) is 0.473. The third kappa shape index (κ3) is 3.30. The number of hydrogen-bond donors (Lipinski definition) is 1. The number of halogens is 1. The Kier molecular flexibility index (Phi) is 4.67. The van der Waals surface area contributed by atoms with Crippen LogP contribution < -0.4 is 4.90 Å². The van der Waals surface area contributed by atoms with Gasteiger partial charge >= 0.3 is 6.03 Å². The highest BCUT2D eigenvalue weighted by Crippen LogP contribution is 2.35. The average molecular weight is 400 g/mol. The maximum absolute atomic E-state index is 13.7. The summed E-state index contributed by atoms with van der Waals surface area (Å²) < 4.78 is 13.6. The summed E-state index contributed by atoms with van der Waals surface area (Å²) in [4.78, 5) is 25.2. The molecule has 1 unspecified atom stereocenters. The molecule has 4 aromatic rings. The third-order valence-electron chi connectivity index (χ3n) is 5.50. The molecule has 150 valence electrons. The normalized spacial score (nSPS) is 16.2. The molecule has 0 radical (unpaired) electrons. The van der Waals surface area contributed by atoms with E-state index in [-0.39, 0.29) is 17.9 Å². The number of anilines is 2. The second-order valence-electron chi connectivity index (χ2n) is 7.42. The van der Waals surface area contributed by atoms with E-state index in [1.54, 1.807) is 11.0 Å². The fraction of sp³-hybridized carbons (Fsp3) is 0.167. The van der Waals surface area contributed by atoms with Crippen molar-refractivity contribution in [1.82, 2.24) is 14.9 Å². The molecule has 1 N–H and O–H groups in total. The minimum atomic E-state index is -0.309. The number of amides is 2. The van der Waals surface area contributed by atoms with Gasteiger partial charge in [-0.25, -0.2) is 14.2 Å². The van der Waals surface area contributed by atoms with E-state index in [4.69, 9.17) is 0 Å². The van der Waals surface area contributed by atoms with Crippen molar-refractivity contribution < 1.29 is 9.18 Å². The molecule has 1 atom stereocenters. The van der Waals surface area contributed by atoms with E-state index in [1.165, 1.54) is 12.1 Å². The number of hydrogen-bond acceptors (Lipinski definition) is 2. The summed E-state index contributed by atoms with van der Waals surface area (Å²) in [6.45, 7) is 0.644. The number of fused-ring (bicyclic) bond motifs is 1. The molecule has 30 heavy (non-hydrogen) atoms. The van der Waals surface area contributed by atoms with Crippen LogP contribution in [0.4, 0.5) is 20.6 Å². The Morgan fingerprint density at radius 1 is 1.00 bits per heavy atom. The first kappa shape index (κ1) is 18.4. The molecule has 1 saturated heterocycles. The number of nitrogens with zero attached hydrogens (tertiary/aromatic N) is 3. The van der Waals surface area contributed by atoms with Crippen molar-refractivity contribution in [2.45, 2.75) is 18.9 Å². The molecular formula is C24H21FN4O. The van der Waals surface area contributed by atoms with Gasteiger partial charge in [0.05, 0.1) is 28.5 Å². The van der Waals surface area contributed by atoms with Gasteiger partial charge in [0.2, 0.25) is 0 Å². The number of urea groups is 1. The zero-order valence-corrected chi connectivity index (χ0v) is 16.3. The minimum Gasteiger partial charge on any atom is -0.340 e. The van der Waals surface area contributed by atoms with Crippen molar-refractivity contribution >= 4 is 28.4 Å². The van der Waals surface area contributed by atoms with Crippen LogP contribution in [0.15, 0.2) is 78.9 Å². The van der Waals surface area contributed by atoms with Crippen LogP contribution in [0.3, 0.4) is 0 Å². The number of H-pyrrole nitrogens is 1. The summed E-state index contributed by atoms with van der Waals surface area (Å²) in [6.07, 6.45) is 1.70. The maximum Gasteiger partial charge on any atom is 0.329 e. The van der Waals surface area contributed by atoms with Gasteiger partial charge in [0.25, 0.3) is 0 Å². The molecule has 1 aliphatic rings. The Morgan fingerprint density at radius 2 is 1.67 bits per heavy atom. The summed E-state index contributed by atoms with van der Waals surface area (Å²) in [5.41, 5.74) is 2.97. The largest absolute Gasteiger partial charge is 0.340 e. The summed E-state index contributed by atoms with van der Waals surface area (Å²) >= 11 is 0. The highest BCUT2D eigenvalue weighted by Gasteiger charge is 2.35. The van der Waals surface area contributed by atoms with E-state index < -0.39 is 0 Å². The molecule has 3 aromatic carbocycles. The Morgan fingerprint density at radius 3 is 2.33 bits per heavy atom. The van der Waals surface area contributed by atoms with Crippen LogP contribution >= 0.6 is 0 Å². The number of likely N-dealkylation sites (tertiary alicyclic amines) is 1. The second kappa shape index (κ2) is 7.63. The molecule has 5 nitrogen and oxygen atoms in total. The Bertz CT molecular complexity index is 1140. The maximum atomic E-state index is 13.7. The molecule has 0 saturated carbocycles. The van der Waals surface area contributed by atoms with Crippen molar-refractivity contribution in [3.8, 4) is 0 Å². The number of para-hydroxylation sites is 2. The fourth-order valence-corrected chi connectivity index (χ4v) is 4.09. The minimum absolute atomic E-state index is 0.0958. The van der Waals surface area contributed by atoms with Crippen molar-refractivity contribution in [3.05, 3.63) is 90.5 Å². The van der Waals surface area contributed by atoms with Gasteiger partial charge in [-0.1, -0.05) is 36.4 Å². The van der Waals surface area contributed by atoms with E-state index in [0.29, 0.717) is 23.4 Å². The average Bonchev–Trinajstić information content (AvgIpc) is 3.42. The molecule has 0 spiro atoms. The highest BCUT2D eigenvalue weighted by atomic mass is 19.1. The standard InChI is InChI=1S/C24H21FN4O/c25-17-13-14-20-21(16-17)27-23(26-20)22-12-7-15-28(22)24(30)29(18-8-3-1-4-9-18)19-10-5-2-6-11-19/h1-6,8-11,13-14,16,22H,7,12,15H2,(H,26,27). The molecule has 2 amide bonds. The number of imidazole rings is 1. The van der Waals surface area contributed by atoms with E-state index in [2.05, 4.69) is 9.97 Å². The lowest BCUT2D eigenvalue weighted by molar-refractivity contribution is 0.200. The molecular weight excluding hydrogens is 379 g/mol. The monoisotopic (exact) mass is 400 g/mol. The molecule has 2 heterocycles. The van der Waals surface area contributed by atoms with Gasteiger partial charge < -0.3 is 9.88 Å². The number of nitrogens with one attached hydrogen (secondary N) is 1. The van der Waals surface area contributed by atoms with Crippen LogP contribution in [0, 0.1) is 5.82 Å². The fourth-order valence-electron chi connectivity index (χ4n) is 4.09. The van der Waals surface area contributed by atoms with Crippen LogP contribution in [0.1, 0.15) is 24.7 Å². The van der Waals surface area contributed by atoms with E-state index in [9.17, 15) is 9.18 Å². The molecule has 1 fully saturated rings. The Labute approximate surface area is 173 Å². The van der Waals surface area contributed by atoms with Crippen molar-refractivity contribution in [3.63, 3.8) is 0 Å². The number of carbonyl (C=O) groups excluding carboxylic acids is 1. The molecule has 0 aliphatic carbocycles. The first-order valence-electron chi connectivity index (χ1n) is 10.1. The van der Waals surface area contributed by atoms with Crippen LogP contribution in [-0.2, 0) is 0 Å². The van der Waals surface area contributed by atoms with Gasteiger partial charge in [0.1, 0.15) is 11.6 Å².